The van der Waals surface area contributed by atoms with Crippen molar-refractivity contribution < 1.29 is 0 Å². The number of hydrogen-bond acceptors (Lipinski definition) is 3. The summed E-state index contributed by atoms with van der Waals surface area (Å²) >= 11 is 6.25. The number of benzene rings is 1. The molecule has 18 heavy (non-hydrogen) atoms. The summed E-state index contributed by atoms with van der Waals surface area (Å²) < 4.78 is 0. The van der Waals surface area contributed by atoms with E-state index in [1.54, 1.807) is 0 Å². The van der Waals surface area contributed by atoms with Crippen molar-refractivity contribution in [3.63, 3.8) is 0 Å². The van der Waals surface area contributed by atoms with Crippen LogP contribution in [0.3, 0.4) is 0 Å². The number of anilines is 1. The van der Waals surface area contributed by atoms with Gasteiger partial charge in [0.05, 0.1) is 0 Å². The highest BCUT2D eigenvalue weighted by Gasteiger charge is 2.20. The van der Waals surface area contributed by atoms with E-state index in [4.69, 9.17) is 17.3 Å². The number of nitrogen functional groups attached to an aromatic ring is 1. The SMILES string of the molecule is CC1CN(C)CCCN1Cc1ccc(N)cc1Cl. The van der Waals surface area contributed by atoms with Crippen LogP contribution in [-0.4, -0.2) is 42.5 Å². The molecule has 1 atom stereocenters. The minimum atomic E-state index is 0.561. The second-order valence-corrected chi connectivity index (χ2v) is 5.69. The van der Waals surface area contributed by atoms with Crippen molar-refractivity contribution in [1.82, 2.24) is 9.80 Å². The third kappa shape index (κ3) is 3.37. The van der Waals surface area contributed by atoms with Gasteiger partial charge in [-0.05, 0) is 44.6 Å². The molecule has 1 aliphatic rings. The molecule has 1 heterocycles. The fraction of sp³-hybridized carbons (Fsp3) is 0.571. The molecule has 4 heteroatoms. The largest absolute Gasteiger partial charge is 0.399 e. The van der Waals surface area contributed by atoms with E-state index in [1.165, 1.54) is 18.5 Å². The maximum atomic E-state index is 6.25. The topological polar surface area (TPSA) is 32.5 Å². The monoisotopic (exact) mass is 267 g/mol. The van der Waals surface area contributed by atoms with Gasteiger partial charge in [0.2, 0.25) is 0 Å². The fourth-order valence-electron chi connectivity index (χ4n) is 2.57. The first-order valence-electron chi connectivity index (χ1n) is 6.53. The minimum absolute atomic E-state index is 0.561. The summed E-state index contributed by atoms with van der Waals surface area (Å²) in [6, 6.07) is 6.37. The van der Waals surface area contributed by atoms with Gasteiger partial charge in [-0.15, -0.1) is 0 Å². The van der Waals surface area contributed by atoms with Gasteiger partial charge < -0.3 is 10.6 Å². The van der Waals surface area contributed by atoms with Gasteiger partial charge in [0, 0.05) is 36.4 Å². The van der Waals surface area contributed by atoms with Crippen molar-refractivity contribution >= 4 is 17.3 Å². The van der Waals surface area contributed by atoms with Gasteiger partial charge in [-0.3, -0.25) is 4.90 Å². The van der Waals surface area contributed by atoms with Gasteiger partial charge in [0.1, 0.15) is 0 Å². The summed E-state index contributed by atoms with van der Waals surface area (Å²) in [4.78, 5) is 4.90. The van der Waals surface area contributed by atoms with Crippen LogP contribution in [0.25, 0.3) is 0 Å². The van der Waals surface area contributed by atoms with E-state index in [-0.39, 0.29) is 0 Å². The van der Waals surface area contributed by atoms with Crippen LogP contribution in [-0.2, 0) is 6.54 Å². The zero-order valence-corrected chi connectivity index (χ0v) is 12.0. The predicted octanol–water partition coefficient (Wildman–Crippen LogP) is 2.45. The second kappa shape index (κ2) is 5.91. The van der Waals surface area contributed by atoms with Crippen LogP contribution < -0.4 is 5.73 Å². The Labute approximate surface area is 115 Å². The molecule has 1 saturated heterocycles. The zero-order valence-electron chi connectivity index (χ0n) is 11.2. The Morgan fingerprint density at radius 2 is 2.17 bits per heavy atom. The van der Waals surface area contributed by atoms with Crippen LogP contribution in [0, 0.1) is 0 Å². The average Bonchev–Trinajstić information content (AvgIpc) is 2.44. The Morgan fingerprint density at radius 1 is 1.39 bits per heavy atom. The van der Waals surface area contributed by atoms with Gasteiger partial charge in [-0.1, -0.05) is 17.7 Å². The molecule has 1 unspecified atom stereocenters. The van der Waals surface area contributed by atoms with Gasteiger partial charge in [-0.2, -0.15) is 0 Å². The van der Waals surface area contributed by atoms with Crippen molar-refractivity contribution in [2.24, 2.45) is 0 Å². The number of hydrogen-bond donors (Lipinski definition) is 1. The van der Waals surface area contributed by atoms with Crippen molar-refractivity contribution in [2.45, 2.75) is 25.9 Å². The molecule has 0 spiro atoms. The first-order chi connectivity index (χ1) is 8.56. The summed E-state index contributed by atoms with van der Waals surface area (Å²) in [5, 5.41) is 0.778. The molecular formula is C14H22ClN3. The normalized spacial score (nSPS) is 22.9. The number of nitrogens with zero attached hydrogens (tertiary/aromatic N) is 2. The summed E-state index contributed by atoms with van der Waals surface area (Å²) in [6.45, 7) is 6.62. The molecule has 1 aliphatic heterocycles. The van der Waals surface area contributed by atoms with Crippen molar-refractivity contribution in [3.05, 3.63) is 28.8 Å². The molecular weight excluding hydrogens is 246 g/mol. The van der Waals surface area contributed by atoms with Gasteiger partial charge in [-0.25, -0.2) is 0 Å². The number of rotatable bonds is 2. The lowest BCUT2D eigenvalue weighted by Crippen LogP contribution is -2.37. The van der Waals surface area contributed by atoms with E-state index >= 15 is 0 Å². The van der Waals surface area contributed by atoms with Crippen LogP contribution in [0.15, 0.2) is 18.2 Å². The first kappa shape index (κ1) is 13.7. The first-order valence-corrected chi connectivity index (χ1v) is 6.90. The third-order valence-corrected chi connectivity index (χ3v) is 3.99. The Kier molecular flexibility index (Phi) is 4.49. The molecule has 0 saturated carbocycles. The lowest BCUT2D eigenvalue weighted by Gasteiger charge is -2.28. The smallest absolute Gasteiger partial charge is 0.0471 e. The second-order valence-electron chi connectivity index (χ2n) is 5.29. The number of nitrogens with two attached hydrogens (primary N) is 1. The van der Waals surface area contributed by atoms with Gasteiger partial charge in [0.15, 0.2) is 0 Å². The Balaban J connectivity index is 2.07. The maximum absolute atomic E-state index is 6.25. The van der Waals surface area contributed by atoms with Crippen LogP contribution in [0.5, 0.6) is 0 Å². The lowest BCUT2D eigenvalue weighted by atomic mass is 10.1. The molecule has 1 aromatic rings. The Hall–Kier alpha value is -0.770. The van der Waals surface area contributed by atoms with Crippen molar-refractivity contribution in [3.8, 4) is 0 Å². The van der Waals surface area contributed by atoms with Gasteiger partial charge in [0.25, 0.3) is 0 Å². The highest BCUT2D eigenvalue weighted by molar-refractivity contribution is 6.31. The molecule has 100 valence electrons. The summed E-state index contributed by atoms with van der Waals surface area (Å²) in [7, 11) is 2.19. The van der Waals surface area contributed by atoms with Crippen LogP contribution in [0.4, 0.5) is 5.69 Å². The number of likely N-dealkylation sites (N-methyl/N-ethyl adjacent to an activating group) is 1. The standard InChI is InChI=1S/C14H22ClN3/c1-11-9-17(2)6-3-7-18(11)10-12-4-5-13(16)8-14(12)15/h4-5,8,11H,3,6-7,9-10,16H2,1-2H3. The summed E-state index contributed by atoms with van der Waals surface area (Å²) in [6.07, 6.45) is 1.22. The molecule has 1 fully saturated rings. The molecule has 0 aromatic heterocycles. The predicted molar refractivity (Wildman–Crippen MR) is 77.9 cm³/mol. The average molecular weight is 268 g/mol. The molecule has 0 radical (unpaired) electrons. The van der Waals surface area contributed by atoms with Crippen LogP contribution in [0.1, 0.15) is 18.9 Å². The number of halogens is 1. The molecule has 2 rings (SSSR count). The van der Waals surface area contributed by atoms with Crippen LogP contribution in [0.2, 0.25) is 5.02 Å². The Bertz CT molecular complexity index is 408. The fourth-order valence-corrected chi connectivity index (χ4v) is 2.82. The maximum Gasteiger partial charge on any atom is 0.0471 e. The highest BCUT2D eigenvalue weighted by Crippen LogP contribution is 2.22. The molecule has 1 aromatic carbocycles. The van der Waals surface area contributed by atoms with Crippen LogP contribution >= 0.6 is 11.6 Å². The van der Waals surface area contributed by atoms with E-state index in [0.717, 1.165) is 30.3 Å². The van der Waals surface area contributed by atoms with Crippen molar-refractivity contribution in [2.75, 3.05) is 32.4 Å². The van der Waals surface area contributed by atoms with E-state index < -0.39 is 0 Å². The third-order valence-electron chi connectivity index (χ3n) is 3.63. The van der Waals surface area contributed by atoms with E-state index in [2.05, 4.69) is 23.8 Å². The lowest BCUT2D eigenvalue weighted by molar-refractivity contribution is 0.194. The van der Waals surface area contributed by atoms with E-state index in [9.17, 15) is 0 Å². The zero-order chi connectivity index (χ0) is 13.1. The summed E-state index contributed by atoms with van der Waals surface area (Å²) in [5.74, 6) is 0. The minimum Gasteiger partial charge on any atom is -0.399 e. The quantitative estimate of drug-likeness (QED) is 0.836. The van der Waals surface area contributed by atoms with Gasteiger partial charge >= 0.3 is 0 Å². The van der Waals surface area contributed by atoms with E-state index in [0.29, 0.717) is 6.04 Å². The van der Waals surface area contributed by atoms with Crippen molar-refractivity contribution in [1.29, 1.82) is 0 Å². The molecule has 2 N–H and O–H groups in total. The molecule has 0 bridgehead atoms. The van der Waals surface area contributed by atoms with E-state index in [1.807, 2.05) is 18.2 Å². The summed E-state index contributed by atoms with van der Waals surface area (Å²) in [5.41, 5.74) is 7.62. The molecule has 0 amide bonds. The molecule has 0 aliphatic carbocycles. The molecule has 3 nitrogen and oxygen atoms in total. The Morgan fingerprint density at radius 3 is 2.89 bits per heavy atom. The highest BCUT2D eigenvalue weighted by atomic mass is 35.5.